The highest BCUT2D eigenvalue weighted by atomic mass is 35.5. The van der Waals surface area contributed by atoms with Crippen molar-refractivity contribution in [1.29, 1.82) is 10.5 Å². The zero-order valence-corrected chi connectivity index (χ0v) is 26.2. The van der Waals surface area contributed by atoms with Crippen LogP contribution in [0.3, 0.4) is 0 Å². The lowest BCUT2D eigenvalue weighted by Crippen LogP contribution is -2.30. The molecule has 8 nitrogen and oxygen atoms in total. The van der Waals surface area contributed by atoms with Crippen LogP contribution in [-0.2, 0) is 18.5 Å². The molecule has 0 spiro atoms. The Balaban J connectivity index is 0.000000276. The lowest BCUT2D eigenvalue weighted by Gasteiger charge is -2.16. The van der Waals surface area contributed by atoms with E-state index < -0.39 is 69.8 Å². The van der Waals surface area contributed by atoms with Gasteiger partial charge in [0, 0.05) is 5.56 Å². The van der Waals surface area contributed by atoms with Crippen molar-refractivity contribution in [1.82, 2.24) is 10.9 Å². The van der Waals surface area contributed by atoms with Crippen LogP contribution in [0.4, 0.5) is 55.3 Å². The Labute approximate surface area is 290 Å². The molecule has 0 unspecified atom stereocenters. The largest absolute Gasteiger partial charge is 0.418 e. The molecule has 0 aliphatic heterocycles. The van der Waals surface area contributed by atoms with Crippen molar-refractivity contribution in [3.63, 3.8) is 0 Å². The van der Waals surface area contributed by atoms with Crippen LogP contribution in [0.1, 0.15) is 48.5 Å². The maximum atomic E-state index is 13.2. The predicted octanol–water partition coefficient (Wildman–Crippen LogP) is 9.13. The molecule has 4 rings (SSSR count). The number of nitrogens with one attached hydrogen (secondary N) is 4. The van der Waals surface area contributed by atoms with E-state index in [0.29, 0.717) is 18.2 Å². The van der Waals surface area contributed by atoms with E-state index in [4.69, 9.17) is 33.7 Å². The molecule has 51 heavy (non-hydrogen) atoms. The van der Waals surface area contributed by atoms with Crippen molar-refractivity contribution >= 4 is 46.4 Å². The van der Waals surface area contributed by atoms with E-state index in [1.165, 1.54) is 0 Å². The minimum Gasteiger partial charge on any atom is -0.298 e. The second-order valence-electron chi connectivity index (χ2n) is 9.72. The smallest absolute Gasteiger partial charge is 0.298 e. The number of hydrogen-bond donors (Lipinski definition) is 4. The van der Waals surface area contributed by atoms with Crippen LogP contribution in [-0.4, -0.2) is 11.8 Å². The number of anilines is 2. The standard InChI is InChI=1S/C16H9F6N3O.C15H7Cl2F4N3O/c17-15(18,19)11-3-1-2-10(7-11)14(26)25-24-13-5-4-9(8-23)6-12(13)16(20,21)22;16-10-5-12(18)11(17)4-8(10)14(25)24-23-13-2-1-7(6-22)3-9(13)15(19,20)21/h1-7,24H,(H,25,26);1-5,23H,(H,24,25). The maximum Gasteiger partial charge on any atom is 0.418 e. The van der Waals surface area contributed by atoms with Crippen LogP contribution in [0.5, 0.6) is 0 Å². The number of carbonyl (C=O) groups is 2. The zero-order valence-electron chi connectivity index (χ0n) is 24.7. The van der Waals surface area contributed by atoms with Gasteiger partial charge in [0.05, 0.1) is 66.9 Å². The number of rotatable bonds is 6. The first-order chi connectivity index (χ1) is 23.6. The van der Waals surface area contributed by atoms with Crippen LogP contribution in [0.15, 0.2) is 72.8 Å². The molecule has 0 atom stereocenters. The van der Waals surface area contributed by atoms with Crippen LogP contribution in [0, 0.1) is 28.5 Å². The van der Waals surface area contributed by atoms with Crippen molar-refractivity contribution in [3.8, 4) is 12.1 Å². The van der Waals surface area contributed by atoms with Crippen molar-refractivity contribution in [2.75, 3.05) is 10.9 Å². The average Bonchev–Trinajstić information content (AvgIpc) is 3.06. The minimum atomic E-state index is -4.81. The summed E-state index contributed by atoms with van der Waals surface area (Å²) in [5, 5.41) is 16.7. The third-order valence-corrected chi connectivity index (χ3v) is 6.84. The van der Waals surface area contributed by atoms with Gasteiger partial charge in [0.2, 0.25) is 0 Å². The SMILES string of the molecule is N#Cc1ccc(NNC(=O)c2cc(Cl)c(F)cc2Cl)c(C(F)(F)F)c1.N#Cc1ccc(NNC(=O)c2cccc(C(F)(F)F)c2)c(C(F)(F)F)c1. The van der Waals surface area contributed by atoms with Crippen molar-refractivity contribution in [3.05, 3.63) is 128 Å². The summed E-state index contributed by atoms with van der Waals surface area (Å²) in [7, 11) is 0. The third-order valence-electron chi connectivity index (χ3n) is 6.24. The van der Waals surface area contributed by atoms with E-state index in [1.807, 2.05) is 16.3 Å². The normalized spacial score (nSPS) is 11.3. The topological polar surface area (TPSA) is 130 Å². The number of hydrazine groups is 2. The van der Waals surface area contributed by atoms with E-state index in [9.17, 15) is 53.5 Å². The van der Waals surface area contributed by atoms with E-state index >= 15 is 0 Å². The van der Waals surface area contributed by atoms with Gasteiger partial charge < -0.3 is 0 Å². The molecule has 0 radical (unpaired) electrons. The second-order valence-corrected chi connectivity index (χ2v) is 10.5. The molecule has 2 amide bonds. The first-order valence-electron chi connectivity index (χ1n) is 13.3. The molecular formula is C31H16Cl2F10N6O2. The highest BCUT2D eigenvalue weighted by Gasteiger charge is 2.35. The van der Waals surface area contributed by atoms with Crippen LogP contribution < -0.4 is 21.7 Å². The maximum absolute atomic E-state index is 13.2. The number of alkyl halides is 9. The van der Waals surface area contributed by atoms with Crippen molar-refractivity contribution < 1.29 is 53.5 Å². The molecule has 0 saturated carbocycles. The Kier molecular flexibility index (Phi) is 12.4. The van der Waals surface area contributed by atoms with Crippen LogP contribution >= 0.6 is 23.2 Å². The number of halogens is 12. The Bertz CT molecular complexity index is 2040. The molecule has 4 aromatic carbocycles. The zero-order chi connectivity index (χ0) is 38.3. The summed E-state index contributed by atoms with van der Waals surface area (Å²) in [6, 6.07) is 13.7. The summed E-state index contributed by atoms with van der Waals surface area (Å²) in [6.07, 6.45) is -14.2. The van der Waals surface area contributed by atoms with Gasteiger partial charge in [0.25, 0.3) is 11.8 Å². The van der Waals surface area contributed by atoms with E-state index in [1.54, 1.807) is 12.1 Å². The number of amides is 2. The number of carbonyl (C=O) groups excluding carboxylic acids is 2. The summed E-state index contributed by atoms with van der Waals surface area (Å²) in [4.78, 5) is 23.9. The van der Waals surface area contributed by atoms with Crippen LogP contribution in [0.2, 0.25) is 10.0 Å². The van der Waals surface area contributed by atoms with Gasteiger partial charge in [-0.05, 0) is 66.7 Å². The Morgan fingerprint density at radius 3 is 1.55 bits per heavy atom. The highest BCUT2D eigenvalue weighted by molar-refractivity contribution is 6.35. The van der Waals surface area contributed by atoms with Gasteiger partial charge >= 0.3 is 18.5 Å². The number of nitriles is 2. The van der Waals surface area contributed by atoms with Gasteiger partial charge in [-0.2, -0.15) is 50.0 Å². The summed E-state index contributed by atoms with van der Waals surface area (Å²) in [5.41, 5.74) is 2.51. The Morgan fingerprint density at radius 2 is 1.10 bits per heavy atom. The fourth-order valence-corrected chi connectivity index (χ4v) is 4.24. The molecule has 0 aliphatic rings. The predicted molar refractivity (Wildman–Crippen MR) is 162 cm³/mol. The molecule has 266 valence electrons. The number of hydrogen-bond acceptors (Lipinski definition) is 6. The molecule has 0 saturated heterocycles. The molecular weight excluding hydrogens is 749 g/mol. The summed E-state index contributed by atoms with van der Waals surface area (Å²) in [5.74, 6) is -2.83. The second kappa shape index (κ2) is 15.9. The highest BCUT2D eigenvalue weighted by Crippen LogP contribution is 2.36. The monoisotopic (exact) mass is 764 g/mol. The van der Waals surface area contributed by atoms with Gasteiger partial charge in [-0.1, -0.05) is 29.3 Å². The fourth-order valence-electron chi connectivity index (χ4n) is 3.84. The van der Waals surface area contributed by atoms with E-state index in [2.05, 4.69) is 5.43 Å². The van der Waals surface area contributed by atoms with E-state index in [-0.39, 0.29) is 26.7 Å². The van der Waals surface area contributed by atoms with Gasteiger partial charge in [-0.25, -0.2) is 4.39 Å². The Morgan fingerprint density at radius 1 is 0.608 bits per heavy atom. The van der Waals surface area contributed by atoms with E-state index in [0.717, 1.165) is 54.6 Å². The summed E-state index contributed by atoms with van der Waals surface area (Å²) in [6.45, 7) is 0. The van der Waals surface area contributed by atoms with Gasteiger partial charge in [-0.15, -0.1) is 0 Å². The first-order valence-corrected chi connectivity index (χ1v) is 14.1. The third kappa shape index (κ3) is 10.6. The molecule has 0 aliphatic carbocycles. The summed E-state index contributed by atoms with van der Waals surface area (Å²) >= 11 is 11.3. The molecule has 20 heteroatoms. The van der Waals surface area contributed by atoms with Crippen molar-refractivity contribution in [2.24, 2.45) is 0 Å². The molecule has 0 aromatic heterocycles. The van der Waals surface area contributed by atoms with Gasteiger partial charge in [0.15, 0.2) is 0 Å². The molecule has 4 N–H and O–H groups in total. The average molecular weight is 765 g/mol. The Hall–Kier alpha value is -5.72. The summed E-state index contributed by atoms with van der Waals surface area (Å²) < 4.78 is 129. The van der Waals surface area contributed by atoms with Gasteiger partial charge in [-0.3, -0.25) is 31.3 Å². The fraction of sp³-hybridized carbons (Fsp3) is 0.0968. The minimum absolute atomic E-state index is 0.197. The van der Waals surface area contributed by atoms with Crippen molar-refractivity contribution in [2.45, 2.75) is 18.5 Å². The number of nitrogens with zero attached hydrogens (tertiary/aromatic N) is 2. The van der Waals surface area contributed by atoms with Gasteiger partial charge in [0.1, 0.15) is 5.82 Å². The van der Waals surface area contributed by atoms with Crippen LogP contribution in [0.25, 0.3) is 0 Å². The molecule has 0 fully saturated rings. The molecule has 0 heterocycles. The molecule has 4 aromatic rings. The number of benzene rings is 4. The molecule has 0 bridgehead atoms. The first kappa shape index (κ1) is 39.7. The quantitative estimate of drug-likeness (QED) is 0.0881. The lowest BCUT2D eigenvalue weighted by atomic mass is 10.1. The lowest BCUT2D eigenvalue weighted by molar-refractivity contribution is -0.138.